The highest BCUT2D eigenvalue weighted by atomic mass is 35.5. The predicted molar refractivity (Wildman–Crippen MR) is 65.7 cm³/mol. The van der Waals surface area contributed by atoms with E-state index >= 15 is 0 Å². The monoisotopic (exact) mass is 223 g/mol. The Kier molecular flexibility index (Phi) is 3.32. The van der Waals surface area contributed by atoms with Gasteiger partial charge in [-0.3, -0.25) is 0 Å². The Morgan fingerprint density at radius 3 is 3.00 bits per heavy atom. The Morgan fingerprint density at radius 1 is 1.47 bits per heavy atom. The summed E-state index contributed by atoms with van der Waals surface area (Å²) in [6, 6.07) is 6.87. The molecule has 1 N–H and O–H groups in total. The van der Waals surface area contributed by atoms with Crippen LogP contribution in [0.2, 0.25) is 5.02 Å². The van der Waals surface area contributed by atoms with Gasteiger partial charge in [-0.2, -0.15) is 0 Å². The molecule has 0 bridgehead atoms. The van der Waals surface area contributed by atoms with Gasteiger partial charge < -0.3 is 5.32 Å². The first-order valence-electron chi connectivity index (χ1n) is 5.68. The van der Waals surface area contributed by atoms with Gasteiger partial charge in [0.1, 0.15) is 0 Å². The molecule has 1 aliphatic carbocycles. The highest BCUT2D eigenvalue weighted by Gasteiger charge is 2.24. The number of likely N-dealkylation sites (N-methyl/N-ethyl adjacent to an activating group) is 1. The van der Waals surface area contributed by atoms with Gasteiger partial charge in [0.15, 0.2) is 0 Å². The lowest BCUT2D eigenvalue weighted by Gasteiger charge is -2.30. The summed E-state index contributed by atoms with van der Waals surface area (Å²) >= 11 is 6.07. The molecule has 0 spiro atoms. The highest BCUT2D eigenvalue weighted by molar-refractivity contribution is 6.30. The molecule has 2 unspecified atom stereocenters. The molecule has 0 aromatic heterocycles. The van der Waals surface area contributed by atoms with Gasteiger partial charge in [0.05, 0.1) is 0 Å². The molecule has 2 rings (SSSR count). The Hall–Kier alpha value is -0.530. The van der Waals surface area contributed by atoms with Gasteiger partial charge in [0.2, 0.25) is 0 Å². The summed E-state index contributed by atoms with van der Waals surface area (Å²) in [5.74, 6) is 0.623. The lowest BCUT2D eigenvalue weighted by molar-refractivity contribution is 0.437. The minimum atomic E-state index is 0.530. The molecule has 0 radical (unpaired) electrons. The van der Waals surface area contributed by atoms with Crippen molar-refractivity contribution in [3.63, 3.8) is 0 Å². The fourth-order valence-corrected chi connectivity index (χ4v) is 2.71. The smallest absolute Gasteiger partial charge is 0.0409 e. The van der Waals surface area contributed by atoms with Crippen molar-refractivity contribution in [3.05, 3.63) is 34.3 Å². The quantitative estimate of drug-likeness (QED) is 0.811. The van der Waals surface area contributed by atoms with E-state index in [1.165, 1.54) is 30.4 Å². The molecule has 0 fully saturated rings. The number of rotatable bonds is 2. The van der Waals surface area contributed by atoms with E-state index in [1.54, 1.807) is 0 Å². The first-order valence-corrected chi connectivity index (χ1v) is 6.05. The van der Waals surface area contributed by atoms with E-state index in [-0.39, 0.29) is 0 Å². The van der Waals surface area contributed by atoms with Crippen molar-refractivity contribution < 1.29 is 0 Å². The van der Waals surface area contributed by atoms with Crippen molar-refractivity contribution in [2.75, 3.05) is 7.05 Å². The van der Waals surface area contributed by atoms with E-state index in [4.69, 9.17) is 11.6 Å². The summed E-state index contributed by atoms with van der Waals surface area (Å²) in [4.78, 5) is 0. The molecule has 0 amide bonds. The molecule has 2 heteroatoms. The fourth-order valence-electron chi connectivity index (χ4n) is 2.53. The number of aryl methyl sites for hydroxylation is 1. The van der Waals surface area contributed by atoms with Gasteiger partial charge in [-0.25, -0.2) is 0 Å². The first kappa shape index (κ1) is 11.0. The molecule has 1 aromatic rings. The minimum absolute atomic E-state index is 0.530. The van der Waals surface area contributed by atoms with E-state index in [0.717, 1.165) is 5.02 Å². The van der Waals surface area contributed by atoms with Crippen molar-refractivity contribution in [2.45, 2.75) is 38.1 Å². The zero-order valence-electron chi connectivity index (χ0n) is 9.39. The van der Waals surface area contributed by atoms with Gasteiger partial charge in [-0.05, 0) is 62.4 Å². The number of benzene rings is 1. The highest BCUT2D eigenvalue weighted by Crippen LogP contribution is 2.35. The zero-order valence-corrected chi connectivity index (χ0v) is 10.1. The van der Waals surface area contributed by atoms with Gasteiger partial charge >= 0.3 is 0 Å². The van der Waals surface area contributed by atoms with Crippen LogP contribution in [-0.4, -0.2) is 13.1 Å². The van der Waals surface area contributed by atoms with Crippen LogP contribution in [0.1, 0.15) is 36.8 Å². The maximum atomic E-state index is 6.07. The van der Waals surface area contributed by atoms with Crippen LogP contribution in [0.4, 0.5) is 0 Å². The molecule has 2 atom stereocenters. The van der Waals surface area contributed by atoms with Crippen LogP contribution in [-0.2, 0) is 6.42 Å². The summed E-state index contributed by atoms with van der Waals surface area (Å²) in [6.45, 7) is 2.25. The molecule has 0 aliphatic heterocycles. The van der Waals surface area contributed by atoms with E-state index < -0.39 is 0 Å². The molecule has 0 saturated heterocycles. The molecule has 15 heavy (non-hydrogen) atoms. The van der Waals surface area contributed by atoms with Crippen LogP contribution < -0.4 is 5.32 Å². The van der Waals surface area contributed by atoms with Crippen LogP contribution in [0.3, 0.4) is 0 Å². The molecule has 1 nitrogen and oxygen atoms in total. The number of hydrogen-bond donors (Lipinski definition) is 1. The second-order valence-corrected chi connectivity index (χ2v) is 4.86. The molecular formula is C13H18ClN. The van der Waals surface area contributed by atoms with Crippen molar-refractivity contribution in [1.29, 1.82) is 0 Å². The van der Waals surface area contributed by atoms with E-state index in [2.05, 4.69) is 24.4 Å². The Labute approximate surface area is 96.8 Å². The second kappa shape index (κ2) is 4.54. The third-order valence-corrected chi connectivity index (χ3v) is 3.76. The standard InChI is InChI=1S/C13H18ClN/c1-9(15-2)12-5-3-4-10-6-7-11(14)8-13(10)12/h6-9,12,15H,3-5H2,1-2H3. The van der Waals surface area contributed by atoms with Crippen molar-refractivity contribution >= 4 is 11.6 Å². The maximum absolute atomic E-state index is 6.07. The number of halogens is 1. The summed E-state index contributed by atoms with van der Waals surface area (Å²) in [5.41, 5.74) is 2.94. The summed E-state index contributed by atoms with van der Waals surface area (Å²) in [5, 5.41) is 4.22. The first-order chi connectivity index (χ1) is 7.22. The average Bonchev–Trinajstić information content (AvgIpc) is 2.27. The molecule has 0 heterocycles. The Morgan fingerprint density at radius 2 is 2.27 bits per heavy atom. The number of hydrogen-bond acceptors (Lipinski definition) is 1. The summed E-state index contributed by atoms with van der Waals surface area (Å²) < 4.78 is 0. The van der Waals surface area contributed by atoms with Crippen LogP contribution >= 0.6 is 11.6 Å². The maximum Gasteiger partial charge on any atom is 0.0409 e. The fraction of sp³-hybridized carbons (Fsp3) is 0.538. The zero-order chi connectivity index (χ0) is 10.8. The van der Waals surface area contributed by atoms with Gasteiger partial charge in [0.25, 0.3) is 0 Å². The number of fused-ring (bicyclic) bond motifs is 1. The Balaban J connectivity index is 2.36. The lowest BCUT2D eigenvalue weighted by atomic mass is 9.79. The average molecular weight is 224 g/mol. The van der Waals surface area contributed by atoms with Crippen molar-refractivity contribution in [3.8, 4) is 0 Å². The Bertz CT molecular complexity index is 348. The van der Waals surface area contributed by atoms with Crippen LogP contribution in [0.5, 0.6) is 0 Å². The molecule has 1 aromatic carbocycles. The molecule has 82 valence electrons. The third-order valence-electron chi connectivity index (χ3n) is 3.53. The van der Waals surface area contributed by atoms with Crippen molar-refractivity contribution in [1.82, 2.24) is 5.32 Å². The SMILES string of the molecule is CNC(C)C1CCCc2ccc(Cl)cc21. The topological polar surface area (TPSA) is 12.0 Å². The van der Waals surface area contributed by atoms with E-state index in [0.29, 0.717) is 12.0 Å². The lowest BCUT2D eigenvalue weighted by Crippen LogP contribution is -2.31. The molecular weight excluding hydrogens is 206 g/mol. The third kappa shape index (κ3) is 2.19. The summed E-state index contributed by atoms with van der Waals surface area (Å²) in [7, 11) is 2.03. The number of nitrogens with one attached hydrogen (secondary N) is 1. The van der Waals surface area contributed by atoms with Crippen LogP contribution in [0, 0.1) is 0 Å². The van der Waals surface area contributed by atoms with Gasteiger partial charge in [-0.1, -0.05) is 17.7 Å². The molecule has 1 aliphatic rings. The van der Waals surface area contributed by atoms with E-state index in [9.17, 15) is 0 Å². The van der Waals surface area contributed by atoms with Crippen molar-refractivity contribution in [2.24, 2.45) is 0 Å². The largest absolute Gasteiger partial charge is 0.317 e. The molecule has 0 saturated carbocycles. The summed E-state index contributed by atoms with van der Waals surface area (Å²) in [6.07, 6.45) is 3.78. The van der Waals surface area contributed by atoms with E-state index in [1.807, 2.05) is 13.1 Å². The van der Waals surface area contributed by atoms with Crippen LogP contribution in [0.15, 0.2) is 18.2 Å². The van der Waals surface area contributed by atoms with Gasteiger partial charge in [0, 0.05) is 11.1 Å². The van der Waals surface area contributed by atoms with Gasteiger partial charge in [-0.15, -0.1) is 0 Å². The second-order valence-electron chi connectivity index (χ2n) is 4.42. The predicted octanol–water partition coefficient (Wildman–Crippen LogP) is 3.37. The van der Waals surface area contributed by atoms with Crippen LogP contribution in [0.25, 0.3) is 0 Å². The minimum Gasteiger partial charge on any atom is -0.317 e. The normalized spacial score (nSPS) is 22.2.